The minimum atomic E-state index is -1.24. The van der Waals surface area contributed by atoms with Crippen LogP contribution in [0.2, 0.25) is 0 Å². The van der Waals surface area contributed by atoms with Gasteiger partial charge in [-0.15, -0.1) is 0 Å². The first-order valence-electron chi connectivity index (χ1n) is 10.6. The molecule has 0 aliphatic carbocycles. The molecule has 0 unspecified atom stereocenters. The van der Waals surface area contributed by atoms with Gasteiger partial charge in [0.25, 0.3) is 0 Å². The lowest BCUT2D eigenvalue weighted by Gasteiger charge is -2.45. The van der Waals surface area contributed by atoms with E-state index in [4.69, 9.17) is 4.74 Å². The second-order valence-electron chi connectivity index (χ2n) is 8.22. The van der Waals surface area contributed by atoms with Crippen molar-refractivity contribution in [2.45, 2.75) is 51.0 Å². The topological polar surface area (TPSA) is 32.8 Å². The maximum atomic E-state index is 14.0. The summed E-state index contributed by atoms with van der Waals surface area (Å²) < 4.78 is 45.9. The average Bonchev–Trinajstić information content (AvgIpc) is 2.71. The van der Waals surface area contributed by atoms with Gasteiger partial charge in [-0.25, -0.2) is 13.2 Å². The van der Waals surface area contributed by atoms with Crippen LogP contribution in [0.4, 0.5) is 13.2 Å². The van der Waals surface area contributed by atoms with Crippen LogP contribution in [0.3, 0.4) is 0 Å². The Morgan fingerprint density at radius 3 is 2.66 bits per heavy atom. The van der Waals surface area contributed by atoms with Crippen LogP contribution in [0.15, 0.2) is 12.1 Å². The van der Waals surface area contributed by atoms with Gasteiger partial charge < -0.3 is 14.5 Å². The summed E-state index contributed by atoms with van der Waals surface area (Å²) in [6.45, 7) is 3.91. The zero-order valence-corrected chi connectivity index (χ0v) is 17.1. The van der Waals surface area contributed by atoms with E-state index in [-0.39, 0.29) is 17.9 Å². The van der Waals surface area contributed by atoms with Crippen LogP contribution in [-0.2, 0) is 16.0 Å². The number of fused-ring (bicyclic) bond motifs is 1. The molecule has 1 amide bonds. The summed E-state index contributed by atoms with van der Waals surface area (Å²) in [5.41, 5.74) is -0.103. The molecular weight excluding hydrogens is 381 g/mol. The van der Waals surface area contributed by atoms with Gasteiger partial charge in [0.15, 0.2) is 11.6 Å². The first kappa shape index (κ1) is 22.1. The Morgan fingerprint density at radius 2 is 1.86 bits per heavy atom. The number of methoxy groups -OCH3 is 1. The number of amides is 1. The summed E-state index contributed by atoms with van der Waals surface area (Å²) in [5.74, 6) is -3.12. The molecule has 2 aliphatic rings. The van der Waals surface area contributed by atoms with Crippen LogP contribution in [0.5, 0.6) is 0 Å². The van der Waals surface area contributed by atoms with Gasteiger partial charge in [0.05, 0.1) is 6.42 Å². The maximum Gasteiger partial charge on any atom is 0.227 e. The van der Waals surface area contributed by atoms with E-state index in [9.17, 15) is 18.0 Å². The van der Waals surface area contributed by atoms with E-state index < -0.39 is 17.5 Å². The van der Waals surface area contributed by atoms with Crippen molar-refractivity contribution in [2.24, 2.45) is 5.92 Å². The smallest absolute Gasteiger partial charge is 0.227 e. The van der Waals surface area contributed by atoms with E-state index in [2.05, 4.69) is 4.90 Å². The van der Waals surface area contributed by atoms with Gasteiger partial charge in [0.1, 0.15) is 5.82 Å². The third kappa shape index (κ3) is 5.72. The summed E-state index contributed by atoms with van der Waals surface area (Å²) >= 11 is 0. The van der Waals surface area contributed by atoms with Gasteiger partial charge in [-0.3, -0.25) is 4.79 Å². The molecule has 0 N–H and O–H groups in total. The van der Waals surface area contributed by atoms with Crippen molar-refractivity contribution >= 4 is 5.91 Å². The summed E-state index contributed by atoms with van der Waals surface area (Å²) in [6.07, 6.45) is 6.22. The first-order valence-corrected chi connectivity index (χ1v) is 10.6. The highest BCUT2D eigenvalue weighted by atomic mass is 19.2. The number of nitrogens with zero attached hydrogens (tertiary/aromatic N) is 2. The lowest BCUT2D eigenvalue weighted by molar-refractivity contribution is -0.132. The summed E-state index contributed by atoms with van der Waals surface area (Å²) in [5, 5.41) is 0. The minimum absolute atomic E-state index is 0.103. The van der Waals surface area contributed by atoms with Crippen molar-refractivity contribution in [3.8, 4) is 0 Å². The minimum Gasteiger partial charge on any atom is -0.385 e. The molecule has 29 heavy (non-hydrogen) atoms. The van der Waals surface area contributed by atoms with Crippen molar-refractivity contribution < 1.29 is 22.7 Å². The van der Waals surface area contributed by atoms with Gasteiger partial charge >= 0.3 is 0 Å². The highest BCUT2D eigenvalue weighted by Gasteiger charge is 2.34. The standard InChI is InChI=1S/C22H31F3N2O2/c1-29-11-5-10-27(15-16-6-4-9-26-8-3-2-7-21(16)26)22(28)13-17-12-19(24)20(25)14-18(17)23/h12,14,16,21H,2-11,13,15H2,1H3/t16-,21+/m0/s1. The Bertz CT molecular complexity index is 699. The Kier molecular flexibility index (Phi) is 7.95. The van der Waals surface area contributed by atoms with E-state index >= 15 is 0 Å². The number of benzene rings is 1. The van der Waals surface area contributed by atoms with Crippen LogP contribution in [0.1, 0.15) is 44.1 Å². The van der Waals surface area contributed by atoms with E-state index in [0.29, 0.717) is 44.1 Å². The van der Waals surface area contributed by atoms with Crippen LogP contribution in [0, 0.1) is 23.4 Å². The fraction of sp³-hybridized carbons (Fsp3) is 0.682. The zero-order valence-electron chi connectivity index (χ0n) is 17.1. The first-order chi connectivity index (χ1) is 14.0. The molecule has 0 bridgehead atoms. The third-order valence-electron chi connectivity index (χ3n) is 6.24. The molecule has 4 nitrogen and oxygen atoms in total. The average molecular weight is 412 g/mol. The van der Waals surface area contributed by atoms with Gasteiger partial charge in [0.2, 0.25) is 5.91 Å². The number of hydrogen-bond donors (Lipinski definition) is 0. The molecule has 0 radical (unpaired) electrons. The molecule has 1 aromatic rings. The molecule has 162 valence electrons. The number of carbonyl (C=O) groups excluding carboxylic acids is 1. The number of halogens is 3. The van der Waals surface area contributed by atoms with Crippen molar-refractivity contribution in [3.63, 3.8) is 0 Å². The zero-order chi connectivity index (χ0) is 20.8. The Labute approximate surface area is 171 Å². The molecule has 7 heteroatoms. The van der Waals surface area contributed by atoms with Crippen LogP contribution in [-0.4, -0.2) is 61.6 Å². The summed E-state index contributed by atoms with van der Waals surface area (Å²) in [4.78, 5) is 17.3. The lowest BCUT2D eigenvalue weighted by Crippen LogP contribution is -2.52. The van der Waals surface area contributed by atoms with Crippen molar-refractivity contribution in [2.75, 3.05) is 39.9 Å². The van der Waals surface area contributed by atoms with Crippen molar-refractivity contribution in [1.29, 1.82) is 0 Å². The molecule has 3 rings (SSSR count). The Hall–Kier alpha value is -1.60. The SMILES string of the molecule is COCCCN(C[C@@H]1CCCN2CCCC[C@H]12)C(=O)Cc1cc(F)c(F)cc1F. The molecule has 2 saturated heterocycles. The molecule has 0 aromatic heterocycles. The van der Waals surface area contributed by atoms with E-state index in [0.717, 1.165) is 38.4 Å². The predicted molar refractivity (Wildman–Crippen MR) is 105 cm³/mol. The molecule has 2 heterocycles. The fourth-order valence-electron chi connectivity index (χ4n) is 4.76. The number of carbonyl (C=O) groups is 1. The summed E-state index contributed by atoms with van der Waals surface area (Å²) in [7, 11) is 1.61. The number of piperidine rings is 2. The van der Waals surface area contributed by atoms with Gasteiger partial charge in [0, 0.05) is 44.5 Å². The Morgan fingerprint density at radius 1 is 1.10 bits per heavy atom. The van der Waals surface area contributed by atoms with Crippen LogP contribution >= 0.6 is 0 Å². The number of ether oxygens (including phenoxy) is 1. The highest BCUT2D eigenvalue weighted by Crippen LogP contribution is 2.31. The second kappa shape index (κ2) is 10.4. The number of rotatable bonds is 8. The largest absolute Gasteiger partial charge is 0.385 e. The van der Waals surface area contributed by atoms with Gasteiger partial charge in [-0.05, 0) is 57.2 Å². The monoisotopic (exact) mass is 412 g/mol. The number of hydrogen-bond acceptors (Lipinski definition) is 3. The maximum absolute atomic E-state index is 14.0. The molecular formula is C22H31F3N2O2. The van der Waals surface area contributed by atoms with Crippen molar-refractivity contribution in [3.05, 3.63) is 35.1 Å². The summed E-state index contributed by atoms with van der Waals surface area (Å²) in [6, 6.07) is 1.79. The predicted octanol–water partition coefficient (Wildman–Crippen LogP) is 3.78. The third-order valence-corrected chi connectivity index (χ3v) is 6.24. The van der Waals surface area contributed by atoms with Crippen LogP contribution < -0.4 is 0 Å². The molecule has 2 atom stereocenters. The van der Waals surface area contributed by atoms with Gasteiger partial charge in [-0.1, -0.05) is 6.42 Å². The second-order valence-corrected chi connectivity index (χ2v) is 8.22. The molecule has 0 spiro atoms. The molecule has 1 aromatic carbocycles. The molecule has 2 fully saturated rings. The Balaban J connectivity index is 1.70. The van der Waals surface area contributed by atoms with E-state index in [1.807, 2.05) is 0 Å². The quantitative estimate of drug-likeness (QED) is 0.481. The normalized spacial score (nSPS) is 22.3. The van der Waals surface area contributed by atoms with E-state index in [1.54, 1.807) is 12.0 Å². The highest BCUT2D eigenvalue weighted by molar-refractivity contribution is 5.78. The van der Waals surface area contributed by atoms with E-state index in [1.165, 1.54) is 12.8 Å². The molecule has 2 aliphatic heterocycles. The molecule has 0 saturated carbocycles. The van der Waals surface area contributed by atoms with Crippen molar-refractivity contribution in [1.82, 2.24) is 9.80 Å². The fourth-order valence-corrected chi connectivity index (χ4v) is 4.76. The van der Waals surface area contributed by atoms with Gasteiger partial charge in [-0.2, -0.15) is 0 Å². The van der Waals surface area contributed by atoms with Crippen LogP contribution in [0.25, 0.3) is 0 Å². The lowest BCUT2D eigenvalue weighted by atomic mass is 9.83.